The van der Waals surface area contributed by atoms with E-state index >= 15 is 0 Å². The van der Waals surface area contributed by atoms with E-state index in [9.17, 15) is 9.59 Å². The van der Waals surface area contributed by atoms with E-state index in [2.05, 4.69) is 5.16 Å². The van der Waals surface area contributed by atoms with Gasteiger partial charge in [0.25, 0.3) is 5.91 Å². The maximum Gasteiger partial charge on any atom is 0.276 e. The average Bonchev–Trinajstić information content (AvgIpc) is 3.40. The van der Waals surface area contributed by atoms with Crippen LogP contribution in [0.1, 0.15) is 35.3 Å². The fourth-order valence-corrected chi connectivity index (χ4v) is 3.26. The van der Waals surface area contributed by atoms with Crippen LogP contribution in [0.25, 0.3) is 11.3 Å². The van der Waals surface area contributed by atoms with E-state index < -0.39 is 0 Å². The highest BCUT2D eigenvalue weighted by Gasteiger charge is 2.23. The van der Waals surface area contributed by atoms with E-state index in [1.165, 1.54) is 0 Å². The van der Waals surface area contributed by atoms with Crippen molar-refractivity contribution in [1.82, 2.24) is 15.0 Å². The standard InChI is InChI=1S/C21H27N3O4/c1-16-5-7-17(8-6-16)19-15-18(22-28-19)21(26)24(13-14-27-2)12-9-20(25)23-10-3-4-11-23/h5-8,15H,3-4,9-14H2,1-2H3. The van der Waals surface area contributed by atoms with Crippen LogP contribution >= 0.6 is 0 Å². The van der Waals surface area contributed by atoms with E-state index in [1.807, 2.05) is 36.1 Å². The van der Waals surface area contributed by atoms with E-state index in [0.29, 0.717) is 31.9 Å². The molecule has 0 saturated carbocycles. The molecule has 1 aliphatic heterocycles. The van der Waals surface area contributed by atoms with Crippen molar-refractivity contribution in [2.45, 2.75) is 26.2 Å². The first-order valence-electron chi connectivity index (χ1n) is 9.68. The Bertz CT molecular complexity index is 794. The molecule has 1 saturated heterocycles. The zero-order valence-corrected chi connectivity index (χ0v) is 16.5. The summed E-state index contributed by atoms with van der Waals surface area (Å²) in [6.45, 7) is 4.77. The summed E-state index contributed by atoms with van der Waals surface area (Å²) in [7, 11) is 1.59. The van der Waals surface area contributed by atoms with Crippen LogP contribution in [-0.2, 0) is 9.53 Å². The van der Waals surface area contributed by atoms with Gasteiger partial charge < -0.3 is 19.1 Å². The fourth-order valence-electron chi connectivity index (χ4n) is 3.26. The normalized spacial score (nSPS) is 13.7. The molecular weight excluding hydrogens is 358 g/mol. The number of methoxy groups -OCH3 is 1. The monoisotopic (exact) mass is 385 g/mol. The second-order valence-electron chi connectivity index (χ2n) is 7.07. The summed E-state index contributed by atoms with van der Waals surface area (Å²) in [5.74, 6) is 0.379. The summed E-state index contributed by atoms with van der Waals surface area (Å²) in [6, 6.07) is 9.47. The van der Waals surface area contributed by atoms with E-state index in [1.54, 1.807) is 18.1 Å². The first kappa shape index (κ1) is 20.1. The van der Waals surface area contributed by atoms with Gasteiger partial charge >= 0.3 is 0 Å². The molecule has 3 rings (SSSR count). The van der Waals surface area contributed by atoms with Crippen molar-refractivity contribution in [3.8, 4) is 11.3 Å². The zero-order valence-electron chi connectivity index (χ0n) is 16.5. The summed E-state index contributed by atoms with van der Waals surface area (Å²) in [4.78, 5) is 28.7. The molecule has 7 nitrogen and oxygen atoms in total. The minimum absolute atomic E-state index is 0.0909. The first-order chi connectivity index (χ1) is 13.6. The number of hydrogen-bond acceptors (Lipinski definition) is 5. The lowest BCUT2D eigenvalue weighted by Gasteiger charge is -2.22. The molecule has 1 aromatic heterocycles. The number of likely N-dealkylation sites (tertiary alicyclic amines) is 1. The number of ether oxygens (including phenoxy) is 1. The summed E-state index contributed by atoms with van der Waals surface area (Å²) in [6.07, 6.45) is 2.41. The van der Waals surface area contributed by atoms with Crippen LogP contribution in [0.2, 0.25) is 0 Å². The number of rotatable bonds is 8. The Morgan fingerprint density at radius 1 is 1.18 bits per heavy atom. The predicted octanol–water partition coefficient (Wildman–Crippen LogP) is 2.75. The number of carbonyl (C=O) groups excluding carboxylic acids is 2. The lowest BCUT2D eigenvalue weighted by atomic mass is 10.1. The summed E-state index contributed by atoms with van der Waals surface area (Å²) in [5.41, 5.74) is 2.25. The van der Waals surface area contributed by atoms with Gasteiger partial charge in [0.05, 0.1) is 6.61 Å². The molecule has 2 heterocycles. The van der Waals surface area contributed by atoms with Gasteiger partial charge in [-0.3, -0.25) is 9.59 Å². The molecule has 0 aliphatic carbocycles. The van der Waals surface area contributed by atoms with Gasteiger partial charge in [-0.05, 0) is 19.8 Å². The van der Waals surface area contributed by atoms with Crippen LogP contribution in [0.3, 0.4) is 0 Å². The van der Waals surface area contributed by atoms with Crippen molar-refractivity contribution in [3.63, 3.8) is 0 Å². The maximum atomic E-state index is 12.9. The molecule has 0 bridgehead atoms. The van der Waals surface area contributed by atoms with Crippen LogP contribution < -0.4 is 0 Å². The molecule has 2 aromatic rings. The van der Waals surface area contributed by atoms with Crippen molar-refractivity contribution in [1.29, 1.82) is 0 Å². The van der Waals surface area contributed by atoms with Crippen LogP contribution in [0.5, 0.6) is 0 Å². The summed E-state index contributed by atoms with van der Waals surface area (Å²) < 4.78 is 10.5. The van der Waals surface area contributed by atoms with Crippen LogP contribution in [0, 0.1) is 6.92 Å². The number of carbonyl (C=O) groups is 2. The molecule has 28 heavy (non-hydrogen) atoms. The number of benzene rings is 1. The Labute approximate surface area is 165 Å². The van der Waals surface area contributed by atoms with Gasteiger partial charge in [0.15, 0.2) is 11.5 Å². The number of aromatic nitrogens is 1. The highest BCUT2D eigenvalue weighted by atomic mass is 16.5. The Balaban J connectivity index is 1.66. The smallest absolute Gasteiger partial charge is 0.276 e. The third-order valence-electron chi connectivity index (χ3n) is 4.97. The van der Waals surface area contributed by atoms with Crippen molar-refractivity contribution >= 4 is 11.8 Å². The highest BCUT2D eigenvalue weighted by Crippen LogP contribution is 2.21. The molecule has 7 heteroatoms. The molecule has 150 valence electrons. The Morgan fingerprint density at radius 3 is 2.57 bits per heavy atom. The Kier molecular flexibility index (Phi) is 6.81. The first-order valence-corrected chi connectivity index (χ1v) is 9.68. The van der Waals surface area contributed by atoms with E-state index in [-0.39, 0.29) is 17.5 Å². The van der Waals surface area contributed by atoms with Crippen molar-refractivity contribution in [2.75, 3.05) is 39.9 Å². The minimum Gasteiger partial charge on any atom is -0.383 e. The molecule has 2 amide bonds. The largest absolute Gasteiger partial charge is 0.383 e. The molecule has 1 fully saturated rings. The second-order valence-corrected chi connectivity index (χ2v) is 7.07. The number of amides is 2. The average molecular weight is 385 g/mol. The van der Waals surface area contributed by atoms with Gasteiger partial charge in [-0.25, -0.2) is 0 Å². The van der Waals surface area contributed by atoms with Gasteiger partial charge in [-0.2, -0.15) is 0 Å². The van der Waals surface area contributed by atoms with Gasteiger partial charge in [-0.1, -0.05) is 35.0 Å². The maximum absolute atomic E-state index is 12.9. The number of hydrogen-bond donors (Lipinski definition) is 0. The van der Waals surface area contributed by atoms with Crippen molar-refractivity contribution in [2.24, 2.45) is 0 Å². The van der Waals surface area contributed by atoms with E-state index in [4.69, 9.17) is 9.26 Å². The van der Waals surface area contributed by atoms with Gasteiger partial charge in [-0.15, -0.1) is 0 Å². The Hall–Kier alpha value is -2.67. The molecule has 1 aliphatic rings. The third kappa shape index (κ3) is 4.98. The lowest BCUT2D eigenvalue weighted by Crippen LogP contribution is -2.38. The van der Waals surface area contributed by atoms with Crippen LogP contribution in [0.4, 0.5) is 0 Å². The number of aryl methyl sites for hydroxylation is 1. The van der Waals surface area contributed by atoms with Crippen molar-refractivity contribution in [3.05, 3.63) is 41.6 Å². The molecule has 0 atom stereocenters. The number of nitrogens with zero attached hydrogens (tertiary/aromatic N) is 3. The molecule has 0 unspecified atom stereocenters. The van der Waals surface area contributed by atoms with Gasteiger partial charge in [0, 0.05) is 51.3 Å². The van der Waals surface area contributed by atoms with Gasteiger partial charge in [0.1, 0.15) is 0 Å². The Morgan fingerprint density at radius 2 is 1.89 bits per heavy atom. The SMILES string of the molecule is COCCN(CCC(=O)N1CCCC1)C(=O)c1cc(-c2ccc(C)cc2)on1. The van der Waals surface area contributed by atoms with Gasteiger partial charge in [0.2, 0.25) is 5.91 Å². The third-order valence-corrected chi connectivity index (χ3v) is 4.97. The quantitative estimate of drug-likeness (QED) is 0.698. The summed E-state index contributed by atoms with van der Waals surface area (Å²) in [5, 5.41) is 3.95. The van der Waals surface area contributed by atoms with E-state index in [0.717, 1.165) is 37.1 Å². The molecule has 0 radical (unpaired) electrons. The lowest BCUT2D eigenvalue weighted by molar-refractivity contribution is -0.130. The molecular formula is C21H27N3O4. The van der Waals surface area contributed by atoms with Crippen LogP contribution in [-0.4, -0.2) is 66.7 Å². The highest BCUT2D eigenvalue weighted by molar-refractivity contribution is 5.93. The second kappa shape index (κ2) is 9.50. The van der Waals surface area contributed by atoms with Crippen molar-refractivity contribution < 1.29 is 18.8 Å². The topological polar surface area (TPSA) is 75.9 Å². The van der Waals surface area contributed by atoms with Crippen LogP contribution in [0.15, 0.2) is 34.9 Å². The molecule has 1 aromatic carbocycles. The predicted molar refractivity (Wildman–Crippen MR) is 105 cm³/mol. The summed E-state index contributed by atoms with van der Waals surface area (Å²) >= 11 is 0. The molecule has 0 N–H and O–H groups in total. The zero-order chi connectivity index (χ0) is 19.9. The fraction of sp³-hybridized carbons (Fsp3) is 0.476. The minimum atomic E-state index is -0.256. The molecule has 0 spiro atoms.